The summed E-state index contributed by atoms with van der Waals surface area (Å²) in [7, 11) is 0. The van der Waals surface area contributed by atoms with Gasteiger partial charge in [-0.3, -0.25) is 9.80 Å². The van der Waals surface area contributed by atoms with Gasteiger partial charge in [0.05, 0.1) is 6.54 Å². The van der Waals surface area contributed by atoms with E-state index in [1.165, 1.54) is 63.2 Å². The lowest BCUT2D eigenvalue weighted by atomic mass is 10.1. The third-order valence-corrected chi connectivity index (χ3v) is 6.52. The van der Waals surface area contributed by atoms with E-state index in [1.54, 1.807) is 0 Å². The summed E-state index contributed by atoms with van der Waals surface area (Å²) in [6, 6.07) is 9.66. The first-order valence-electron chi connectivity index (χ1n) is 12.0. The first-order valence-corrected chi connectivity index (χ1v) is 12.0. The van der Waals surface area contributed by atoms with Crippen LogP contribution in [0.4, 0.5) is 0 Å². The zero-order chi connectivity index (χ0) is 21.2. The standard InChI is InChI=1S/C24H42N6/c1-4-25-24(27-19-23-8-7-13-30(23)6-3)26-18-21-9-11-22(12-10-21)20-29-16-14-28(5-2)15-17-29/h9-12,23H,4-8,13-20H2,1-3H3,(H2,25,26,27). The molecule has 1 unspecified atom stereocenters. The van der Waals surface area contributed by atoms with Crippen LogP contribution in [-0.4, -0.2) is 85.6 Å². The van der Waals surface area contributed by atoms with Gasteiger partial charge in [-0.1, -0.05) is 38.1 Å². The van der Waals surface area contributed by atoms with Gasteiger partial charge in [0.25, 0.3) is 0 Å². The van der Waals surface area contributed by atoms with Gasteiger partial charge in [0.1, 0.15) is 0 Å². The topological polar surface area (TPSA) is 46.1 Å². The van der Waals surface area contributed by atoms with Crippen molar-refractivity contribution in [2.45, 2.75) is 52.7 Å². The molecule has 1 aromatic rings. The number of nitrogens with one attached hydrogen (secondary N) is 2. The summed E-state index contributed by atoms with van der Waals surface area (Å²) in [5, 5.41) is 6.95. The molecule has 6 heteroatoms. The van der Waals surface area contributed by atoms with E-state index < -0.39 is 0 Å². The minimum absolute atomic E-state index is 0.636. The molecule has 6 nitrogen and oxygen atoms in total. The van der Waals surface area contributed by atoms with Crippen molar-refractivity contribution in [3.05, 3.63) is 35.4 Å². The van der Waals surface area contributed by atoms with Gasteiger partial charge in [-0.15, -0.1) is 0 Å². The number of piperazine rings is 1. The lowest BCUT2D eigenvalue weighted by molar-refractivity contribution is 0.132. The number of guanidine groups is 1. The van der Waals surface area contributed by atoms with E-state index in [2.05, 4.69) is 70.4 Å². The molecule has 0 radical (unpaired) electrons. The normalized spacial score (nSPS) is 21.8. The van der Waals surface area contributed by atoms with Crippen LogP contribution < -0.4 is 10.6 Å². The second-order valence-corrected chi connectivity index (χ2v) is 8.53. The molecule has 3 rings (SSSR count). The summed E-state index contributed by atoms with van der Waals surface area (Å²) >= 11 is 0. The van der Waals surface area contributed by atoms with Crippen molar-refractivity contribution in [1.82, 2.24) is 25.3 Å². The Kier molecular flexibility index (Phi) is 9.43. The predicted molar refractivity (Wildman–Crippen MR) is 127 cm³/mol. The number of hydrogen-bond acceptors (Lipinski definition) is 4. The molecular weight excluding hydrogens is 372 g/mol. The van der Waals surface area contributed by atoms with Gasteiger partial charge >= 0.3 is 0 Å². The molecule has 0 spiro atoms. The van der Waals surface area contributed by atoms with Gasteiger partial charge in [0.15, 0.2) is 5.96 Å². The molecule has 1 atom stereocenters. The number of nitrogens with zero attached hydrogens (tertiary/aromatic N) is 4. The highest BCUT2D eigenvalue weighted by Crippen LogP contribution is 2.15. The number of aliphatic imine (C=N–C) groups is 1. The van der Waals surface area contributed by atoms with E-state index in [4.69, 9.17) is 4.99 Å². The van der Waals surface area contributed by atoms with Crippen molar-refractivity contribution in [2.75, 3.05) is 58.9 Å². The number of likely N-dealkylation sites (N-methyl/N-ethyl adjacent to an activating group) is 2. The van der Waals surface area contributed by atoms with Crippen LogP contribution in [0.15, 0.2) is 29.3 Å². The molecule has 0 aromatic heterocycles. The molecule has 2 heterocycles. The Morgan fingerprint density at radius 2 is 1.60 bits per heavy atom. The Balaban J connectivity index is 1.47. The van der Waals surface area contributed by atoms with Crippen molar-refractivity contribution >= 4 is 5.96 Å². The van der Waals surface area contributed by atoms with Crippen LogP contribution >= 0.6 is 0 Å². The number of benzene rings is 1. The average Bonchev–Trinajstić information content (AvgIpc) is 3.25. The maximum atomic E-state index is 4.82. The maximum absolute atomic E-state index is 4.82. The highest BCUT2D eigenvalue weighted by atomic mass is 15.3. The van der Waals surface area contributed by atoms with Crippen LogP contribution in [0.2, 0.25) is 0 Å². The molecule has 30 heavy (non-hydrogen) atoms. The fourth-order valence-electron chi connectivity index (χ4n) is 4.54. The van der Waals surface area contributed by atoms with Gasteiger partial charge in [-0.25, -0.2) is 4.99 Å². The first kappa shape index (κ1) is 23.0. The zero-order valence-electron chi connectivity index (χ0n) is 19.4. The van der Waals surface area contributed by atoms with Crippen LogP contribution in [0.5, 0.6) is 0 Å². The van der Waals surface area contributed by atoms with E-state index >= 15 is 0 Å². The Bertz CT molecular complexity index is 636. The molecule has 0 saturated carbocycles. The minimum atomic E-state index is 0.636. The van der Waals surface area contributed by atoms with E-state index in [0.29, 0.717) is 12.6 Å². The maximum Gasteiger partial charge on any atom is 0.191 e. The van der Waals surface area contributed by atoms with Gasteiger partial charge in [0.2, 0.25) is 0 Å². The quantitative estimate of drug-likeness (QED) is 0.480. The Morgan fingerprint density at radius 1 is 0.900 bits per heavy atom. The molecule has 2 aliphatic heterocycles. The van der Waals surface area contributed by atoms with Crippen molar-refractivity contribution in [3.63, 3.8) is 0 Å². The summed E-state index contributed by atoms with van der Waals surface area (Å²) in [4.78, 5) is 12.5. The fraction of sp³-hybridized carbons (Fsp3) is 0.708. The molecule has 2 N–H and O–H groups in total. The Labute approximate surface area is 183 Å². The largest absolute Gasteiger partial charge is 0.357 e. The molecule has 2 aliphatic rings. The van der Waals surface area contributed by atoms with Crippen molar-refractivity contribution in [3.8, 4) is 0 Å². The van der Waals surface area contributed by atoms with E-state index in [9.17, 15) is 0 Å². The highest BCUT2D eigenvalue weighted by Gasteiger charge is 2.22. The minimum Gasteiger partial charge on any atom is -0.357 e. The van der Waals surface area contributed by atoms with Gasteiger partial charge in [-0.2, -0.15) is 0 Å². The number of hydrogen-bond donors (Lipinski definition) is 2. The third-order valence-electron chi connectivity index (χ3n) is 6.52. The molecule has 1 aromatic carbocycles. The van der Waals surface area contributed by atoms with E-state index in [0.717, 1.165) is 32.1 Å². The summed E-state index contributed by atoms with van der Waals surface area (Å²) in [6.45, 7) is 18.6. The monoisotopic (exact) mass is 414 g/mol. The number of rotatable bonds is 9. The molecule has 0 aliphatic carbocycles. The average molecular weight is 415 g/mol. The zero-order valence-corrected chi connectivity index (χ0v) is 19.4. The Morgan fingerprint density at radius 3 is 2.27 bits per heavy atom. The molecule has 168 valence electrons. The van der Waals surface area contributed by atoms with Crippen molar-refractivity contribution in [2.24, 2.45) is 4.99 Å². The van der Waals surface area contributed by atoms with Crippen LogP contribution in [0, 0.1) is 0 Å². The van der Waals surface area contributed by atoms with E-state index in [-0.39, 0.29) is 0 Å². The summed E-state index contributed by atoms with van der Waals surface area (Å²) < 4.78 is 0. The SMILES string of the molecule is CCNC(=NCc1ccc(CN2CCN(CC)CC2)cc1)NCC1CCCN1CC. The smallest absolute Gasteiger partial charge is 0.191 e. The second-order valence-electron chi connectivity index (χ2n) is 8.53. The van der Waals surface area contributed by atoms with Crippen LogP contribution in [0.3, 0.4) is 0 Å². The number of likely N-dealkylation sites (tertiary alicyclic amines) is 1. The van der Waals surface area contributed by atoms with Crippen molar-refractivity contribution < 1.29 is 0 Å². The van der Waals surface area contributed by atoms with Crippen molar-refractivity contribution in [1.29, 1.82) is 0 Å². The van der Waals surface area contributed by atoms with Gasteiger partial charge < -0.3 is 15.5 Å². The van der Waals surface area contributed by atoms with Crippen LogP contribution in [0.1, 0.15) is 44.7 Å². The fourth-order valence-corrected chi connectivity index (χ4v) is 4.54. The molecule has 2 fully saturated rings. The lowest BCUT2D eigenvalue weighted by Gasteiger charge is -2.34. The summed E-state index contributed by atoms with van der Waals surface area (Å²) in [5.41, 5.74) is 2.67. The Hall–Kier alpha value is -1.63. The summed E-state index contributed by atoms with van der Waals surface area (Å²) in [6.07, 6.45) is 2.60. The van der Waals surface area contributed by atoms with Crippen LogP contribution in [-0.2, 0) is 13.1 Å². The van der Waals surface area contributed by atoms with Crippen LogP contribution in [0.25, 0.3) is 0 Å². The molecular formula is C24H42N6. The predicted octanol–water partition coefficient (Wildman–Crippen LogP) is 2.36. The molecule has 2 saturated heterocycles. The van der Waals surface area contributed by atoms with E-state index in [1.807, 2.05) is 0 Å². The lowest BCUT2D eigenvalue weighted by Crippen LogP contribution is -2.45. The second kappa shape index (κ2) is 12.3. The molecule has 0 amide bonds. The molecule has 0 bridgehead atoms. The summed E-state index contributed by atoms with van der Waals surface area (Å²) in [5.74, 6) is 0.929. The highest BCUT2D eigenvalue weighted by molar-refractivity contribution is 5.79. The van der Waals surface area contributed by atoms with Gasteiger partial charge in [-0.05, 0) is 50.5 Å². The van der Waals surface area contributed by atoms with Gasteiger partial charge in [0, 0.05) is 51.9 Å². The first-order chi connectivity index (χ1) is 14.7. The third kappa shape index (κ3) is 6.96.